The average molecular weight is 252 g/mol. The standard InChI is InChI=1S/C15H24O3/c1-10-5-6-12(16)14(4)8-7-11(13(2,3)17)9-15(10,14)18/h11,17-18H,1,5-9H2,2-4H3. The van der Waals surface area contributed by atoms with Crippen molar-refractivity contribution in [3.05, 3.63) is 12.2 Å². The molecule has 2 aliphatic carbocycles. The van der Waals surface area contributed by atoms with Crippen LogP contribution in [0.4, 0.5) is 0 Å². The molecule has 0 aromatic rings. The first kappa shape index (κ1) is 13.8. The smallest absolute Gasteiger partial charge is 0.142 e. The van der Waals surface area contributed by atoms with Crippen LogP contribution >= 0.6 is 0 Å². The Labute approximate surface area is 109 Å². The second kappa shape index (κ2) is 3.91. The number of fused-ring (bicyclic) bond motifs is 1. The molecule has 0 saturated heterocycles. The van der Waals surface area contributed by atoms with Crippen molar-refractivity contribution in [2.45, 2.75) is 64.1 Å². The largest absolute Gasteiger partial charge is 0.390 e. The fourth-order valence-electron chi connectivity index (χ4n) is 3.61. The molecule has 0 aromatic carbocycles. The van der Waals surface area contributed by atoms with Gasteiger partial charge >= 0.3 is 0 Å². The van der Waals surface area contributed by atoms with Crippen molar-refractivity contribution in [2.24, 2.45) is 11.3 Å². The van der Waals surface area contributed by atoms with Crippen LogP contribution in [0.3, 0.4) is 0 Å². The van der Waals surface area contributed by atoms with Crippen LogP contribution in [0.2, 0.25) is 0 Å². The Hall–Kier alpha value is -0.670. The minimum Gasteiger partial charge on any atom is -0.390 e. The molecule has 0 bridgehead atoms. The van der Waals surface area contributed by atoms with Gasteiger partial charge in [-0.25, -0.2) is 0 Å². The number of ketones is 1. The molecule has 0 radical (unpaired) electrons. The molecule has 2 saturated carbocycles. The average Bonchev–Trinajstić information content (AvgIpc) is 2.26. The molecule has 0 heterocycles. The van der Waals surface area contributed by atoms with Crippen LogP contribution in [0.1, 0.15) is 52.9 Å². The summed E-state index contributed by atoms with van der Waals surface area (Å²) < 4.78 is 0. The van der Waals surface area contributed by atoms with Crippen LogP contribution in [-0.2, 0) is 4.79 Å². The van der Waals surface area contributed by atoms with E-state index in [4.69, 9.17) is 0 Å². The topological polar surface area (TPSA) is 57.5 Å². The monoisotopic (exact) mass is 252 g/mol. The highest BCUT2D eigenvalue weighted by atomic mass is 16.3. The number of aliphatic hydroxyl groups is 2. The lowest BCUT2D eigenvalue weighted by Crippen LogP contribution is -2.60. The third-order valence-electron chi connectivity index (χ3n) is 5.30. The Kier molecular flexibility index (Phi) is 2.99. The maximum absolute atomic E-state index is 12.2. The summed E-state index contributed by atoms with van der Waals surface area (Å²) in [6, 6.07) is 0. The van der Waals surface area contributed by atoms with Gasteiger partial charge < -0.3 is 10.2 Å². The van der Waals surface area contributed by atoms with E-state index < -0.39 is 16.6 Å². The lowest BCUT2D eigenvalue weighted by molar-refractivity contribution is -0.164. The fourth-order valence-corrected chi connectivity index (χ4v) is 3.61. The maximum atomic E-state index is 12.2. The number of hydrogen-bond acceptors (Lipinski definition) is 3. The minimum absolute atomic E-state index is 0.0122. The molecule has 0 spiro atoms. The molecular formula is C15H24O3. The third kappa shape index (κ3) is 1.76. The van der Waals surface area contributed by atoms with Crippen LogP contribution in [0, 0.1) is 11.3 Å². The zero-order valence-electron chi connectivity index (χ0n) is 11.6. The molecule has 2 fully saturated rings. The Morgan fingerprint density at radius 2 is 2.00 bits per heavy atom. The van der Waals surface area contributed by atoms with Crippen molar-refractivity contribution in [1.29, 1.82) is 0 Å². The van der Waals surface area contributed by atoms with E-state index in [-0.39, 0.29) is 11.7 Å². The van der Waals surface area contributed by atoms with Crippen LogP contribution < -0.4 is 0 Å². The lowest BCUT2D eigenvalue weighted by Gasteiger charge is -2.55. The van der Waals surface area contributed by atoms with E-state index in [1.165, 1.54) is 0 Å². The SMILES string of the molecule is C=C1CCC(=O)C2(C)CCC(C(C)(C)O)CC12O. The summed E-state index contributed by atoms with van der Waals surface area (Å²) in [4.78, 5) is 12.2. The Morgan fingerprint density at radius 1 is 1.39 bits per heavy atom. The maximum Gasteiger partial charge on any atom is 0.142 e. The number of carbonyl (C=O) groups excluding carboxylic acids is 1. The van der Waals surface area contributed by atoms with Crippen molar-refractivity contribution in [3.63, 3.8) is 0 Å². The minimum atomic E-state index is -1.13. The van der Waals surface area contributed by atoms with Crippen molar-refractivity contribution in [1.82, 2.24) is 0 Å². The highest BCUT2D eigenvalue weighted by Crippen LogP contribution is 2.55. The number of carbonyl (C=O) groups is 1. The van der Waals surface area contributed by atoms with Crippen LogP contribution in [0.5, 0.6) is 0 Å². The normalized spacial score (nSPS) is 41.7. The van der Waals surface area contributed by atoms with Gasteiger partial charge in [0.2, 0.25) is 0 Å². The van der Waals surface area contributed by atoms with Gasteiger partial charge in [0, 0.05) is 6.42 Å². The Morgan fingerprint density at radius 3 is 2.56 bits per heavy atom. The molecule has 0 amide bonds. The Balaban J connectivity index is 2.37. The van der Waals surface area contributed by atoms with Crippen molar-refractivity contribution in [2.75, 3.05) is 0 Å². The summed E-state index contributed by atoms with van der Waals surface area (Å²) in [7, 11) is 0. The second-order valence-corrected chi connectivity index (χ2v) is 6.81. The van der Waals surface area contributed by atoms with Crippen LogP contribution in [0.25, 0.3) is 0 Å². The number of Topliss-reactive ketones (excluding diaryl/α,β-unsaturated/α-hetero) is 1. The first-order valence-electron chi connectivity index (χ1n) is 6.77. The van der Waals surface area contributed by atoms with Crippen LogP contribution in [0.15, 0.2) is 12.2 Å². The highest BCUT2D eigenvalue weighted by molar-refractivity contribution is 5.88. The summed E-state index contributed by atoms with van der Waals surface area (Å²) in [6.45, 7) is 9.39. The lowest BCUT2D eigenvalue weighted by atomic mass is 9.52. The summed E-state index contributed by atoms with van der Waals surface area (Å²) in [5.41, 5.74) is -1.90. The molecule has 3 atom stereocenters. The van der Waals surface area contributed by atoms with E-state index in [0.717, 1.165) is 12.0 Å². The van der Waals surface area contributed by atoms with Gasteiger partial charge in [0.1, 0.15) is 5.78 Å². The van der Waals surface area contributed by atoms with Crippen molar-refractivity contribution < 1.29 is 15.0 Å². The molecule has 3 nitrogen and oxygen atoms in total. The van der Waals surface area contributed by atoms with E-state index in [1.807, 2.05) is 6.92 Å². The molecule has 0 aromatic heterocycles. The molecule has 18 heavy (non-hydrogen) atoms. The third-order valence-corrected chi connectivity index (χ3v) is 5.30. The zero-order valence-corrected chi connectivity index (χ0v) is 11.6. The van der Waals surface area contributed by atoms with Gasteiger partial charge in [-0.15, -0.1) is 0 Å². The summed E-state index contributed by atoms with van der Waals surface area (Å²) >= 11 is 0. The van der Waals surface area contributed by atoms with E-state index in [1.54, 1.807) is 13.8 Å². The zero-order chi connectivity index (χ0) is 13.8. The number of hydrogen-bond donors (Lipinski definition) is 2. The predicted molar refractivity (Wildman–Crippen MR) is 70.1 cm³/mol. The molecule has 0 aliphatic heterocycles. The second-order valence-electron chi connectivity index (χ2n) is 6.81. The number of rotatable bonds is 1. The Bertz CT molecular complexity index is 393. The van der Waals surface area contributed by atoms with Gasteiger partial charge in [-0.1, -0.05) is 6.58 Å². The molecule has 3 heteroatoms. The van der Waals surface area contributed by atoms with Gasteiger partial charge in [0.15, 0.2) is 0 Å². The van der Waals surface area contributed by atoms with Gasteiger partial charge in [0.25, 0.3) is 0 Å². The van der Waals surface area contributed by atoms with Crippen molar-refractivity contribution >= 4 is 5.78 Å². The fraction of sp³-hybridized carbons (Fsp3) is 0.800. The van der Waals surface area contributed by atoms with Gasteiger partial charge in [-0.2, -0.15) is 0 Å². The van der Waals surface area contributed by atoms with Gasteiger partial charge in [-0.3, -0.25) is 4.79 Å². The van der Waals surface area contributed by atoms with Gasteiger partial charge in [0.05, 0.1) is 16.6 Å². The van der Waals surface area contributed by atoms with E-state index >= 15 is 0 Å². The highest BCUT2D eigenvalue weighted by Gasteiger charge is 2.59. The van der Waals surface area contributed by atoms with E-state index in [0.29, 0.717) is 25.7 Å². The van der Waals surface area contributed by atoms with Gasteiger partial charge in [-0.05, 0) is 57.9 Å². The summed E-state index contributed by atoms with van der Waals surface area (Å²) in [6.07, 6.45) is 2.92. The molecule has 2 aliphatic rings. The molecule has 102 valence electrons. The first-order valence-corrected chi connectivity index (χ1v) is 6.77. The molecular weight excluding hydrogens is 228 g/mol. The quantitative estimate of drug-likeness (QED) is 0.703. The van der Waals surface area contributed by atoms with E-state index in [2.05, 4.69) is 6.58 Å². The van der Waals surface area contributed by atoms with E-state index in [9.17, 15) is 15.0 Å². The predicted octanol–water partition coefficient (Wildman–Crippen LogP) is 2.21. The molecule has 3 unspecified atom stereocenters. The first-order chi connectivity index (χ1) is 8.11. The molecule has 2 N–H and O–H groups in total. The van der Waals surface area contributed by atoms with Crippen molar-refractivity contribution in [3.8, 4) is 0 Å². The summed E-state index contributed by atoms with van der Waals surface area (Å²) in [5.74, 6) is 0.157. The summed E-state index contributed by atoms with van der Waals surface area (Å²) in [5, 5.41) is 21.1. The molecule has 2 rings (SSSR count). The van der Waals surface area contributed by atoms with Crippen LogP contribution in [-0.4, -0.2) is 27.2 Å².